The third-order valence-electron chi connectivity index (χ3n) is 5.99. The number of ether oxygens (including phenoxy) is 3. The van der Waals surface area contributed by atoms with Crippen LogP contribution in [0.5, 0.6) is 11.5 Å². The molecule has 2 aliphatic heterocycles. The molecule has 1 N–H and O–H groups in total. The van der Waals surface area contributed by atoms with E-state index in [-0.39, 0.29) is 35.1 Å². The number of benzene rings is 1. The van der Waals surface area contributed by atoms with Gasteiger partial charge >= 0.3 is 0 Å². The lowest BCUT2D eigenvalue weighted by molar-refractivity contribution is -0.508. The number of hydrogen-bond donors (Lipinski definition) is 1. The molecule has 4 rings (SSSR count). The Hall–Kier alpha value is -3.59. The number of nitrogens with zero attached hydrogens (tertiary/aromatic N) is 2. The number of fused-ring (bicyclic) bond motifs is 1. The second-order valence-corrected chi connectivity index (χ2v) is 7.84. The molecule has 33 heavy (non-hydrogen) atoms. The molecule has 0 bridgehead atoms. The molecule has 9 nitrogen and oxygen atoms in total. The molecule has 0 fully saturated rings. The largest absolute Gasteiger partial charge is 0.493 e. The van der Waals surface area contributed by atoms with Gasteiger partial charge in [-0.2, -0.15) is 0 Å². The van der Waals surface area contributed by atoms with Crippen LogP contribution in [-0.4, -0.2) is 55.3 Å². The first kappa shape index (κ1) is 22.6. The Balaban J connectivity index is 1.69. The fraction of sp³-hybridized carbons (Fsp3) is 0.375. The molecule has 0 saturated heterocycles. The quantitative estimate of drug-likeness (QED) is 0.385. The molecule has 0 saturated carbocycles. The van der Waals surface area contributed by atoms with Gasteiger partial charge in [0.2, 0.25) is 6.04 Å². The van der Waals surface area contributed by atoms with E-state index in [2.05, 4.69) is 11.4 Å². The van der Waals surface area contributed by atoms with Crippen LogP contribution >= 0.6 is 0 Å². The summed E-state index contributed by atoms with van der Waals surface area (Å²) in [5, 5.41) is 14.6. The summed E-state index contributed by atoms with van der Waals surface area (Å²) < 4.78 is 16.4. The van der Waals surface area contributed by atoms with Crippen LogP contribution in [0.25, 0.3) is 5.57 Å². The smallest absolute Gasteiger partial charge is 0.262 e. The normalized spacial score (nSPS) is 23.8. The van der Waals surface area contributed by atoms with E-state index in [0.717, 1.165) is 11.1 Å². The molecule has 1 amide bonds. The summed E-state index contributed by atoms with van der Waals surface area (Å²) in [7, 11) is 3.17. The molecule has 0 radical (unpaired) electrons. The molecule has 3 unspecified atom stereocenters. The zero-order valence-corrected chi connectivity index (χ0v) is 18.8. The third-order valence-corrected chi connectivity index (χ3v) is 5.99. The fourth-order valence-electron chi connectivity index (χ4n) is 4.40. The van der Waals surface area contributed by atoms with Crippen LogP contribution in [0.3, 0.4) is 0 Å². The topological polar surface area (TPSA) is 103 Å². The highest BCUT2D eigenvalue weighted by Crippen LogP contribution is 2.41. The number of carbonyl (C=O) groups is 1. The summed E-state index contributed by atoms with van der Waals surface area (Å²) in [4.78, 5) is 26.2. The molecule has 1 aliphatic carbocycles. The molecule has 1 aromatic rings. The molecule has 3 aliphatic rings. The Labute approximate surface area is 192 Å². The zero-order valence-electron chi connectivity index (χ0n) is 18.8. The number of carbonyl (C=O) groups excluding carboxylic acids is 1. The third kappa shape index (κ3) is 4.23. The number of nitrogens with one attached hydrogen (secondary N) is 1. The van der Waals surface area contributed by atoms with E-state index in [1.54, 1.807) is 32.1 Å². The SMILES string of the molecule is CCOC1=CC([N+](=O)[O-])CC=C1C(=O)N1C=C(c2ccc(OC)c(OC)c2)C2C=CCNC21. The first-order chi connectivity index (χ1) is 16.0. The van der Waals surface area contributed by atoms with Crippen molar-refractivity contribution in [2.45, 2.75) is 25.6 Å². The fourth-order valence-corrected chi connectivity index (χ4v) is 4.40. The minimum Gasteiger partial charge on any atom is -0.493 e. The predicted octanol–water partition coefficient (Wildman–Crippen LogP) is 2.88. The Morgan fingerprint density at radius 3 is 2.76 bits per heavy atom. The van der Waals surface area contributed by atoms with Crippen molar-refractivity contribution in [3.63, 3.8) is 0 Å². The Bertz CT molecular complexity index is 1070. The Kier molecular flexibility index (Phi) is 6.50. The second kappa shape index (κ2) is 9.50. The van der Waals surface area contributed by atoms with Crippen molar-refractivity contribution in [3.8, 4) is 11.5 Å². The van der Waals surface area contributed by atoms with Gasteiger partial charge in [0.15, 0.2) is 11.5 Å². The van der Waals surface area contributed by atoms with E-state index in [1.165, 1.54) is 6.08 Å². The van der Waals surface area contributed by atoms with Gasteiger partial charge in [0.05, 0.1) is 32.6 Å². The molecule has 1 aromatic carbocycles. The first-order valence-corrected chi connectivity index (χ1v) is 10.8. The van der Waals surface area contributed by atoms with Crippen LogP contribution in [0.1, 0.15) is 18.9 Å². The Morgan fingerprint density at radius 1 is 1.27 bits per heavy atom. The molecule has 9 heteroatoms. The van der Waals surface area contributed by atoms with Gasteiger partial charge in [-0.15, -0.1) is 0 Å². The number of nitro groups is 1. The van der Waals surface area contributed by atoms with Gasteiger partial charge in [0, 0.05) is 36.1 Å². The highest BCUT2D eigenvalue weighted by atomic mass is 16.6. The summed E-state index contributed by atoms with van der Waals surface area (Å²) in [6.45, 7) is 2.72. The van der Waals surface area contributed by atoms with E-state index in [9.17, 15) is 14.9 Å². The highest BCUT2D eigenvalue weighted by Gasteiger charge is 2.41. The average Bonchev–Trinajstić information content (AvgIpc) is 3.23. The first-order valence-electron chi connectivity index (χ1n) is 10.8. The predicted molar refractivity (Wildman–Crippen MR) is 122 cm³/mol. The standard InChI is InChI=1S/C24H27N3O6/c1-4-33-21-13-16(27(29)30)8-9-18(21)24(28)26-14-19(17-6-5-11-25-23(17)26)15-7-10-20(31-2)22(12-15)32-3/h5-7,9-10,12-14,16-17,23,25H,4,8,11H2,1-3H3. The molecular weight excluding hydrogens is 426 g/mol. The van der Waals surface area contributed by atoms with Gasteiger partial charge in [-0.3, -0.25) is 25.1 Å². The highest BCUT2D eigenvalue weighted by molar-refractivity contribution is 6.00. The summed E-state index contributed by atoms with van der Waals surface area (Å²) in [6.07, 6.45) is 8.87. The van der Waals surface area contributed by atoms with Crippen LogP contribution in [0.4, 0.5) is 0 Å². The summed E-state index contributed by atoms with van der Waals surface area (Å²) in [6, 6.07) is 4.77. The number of hydrogen-bond acceptors (Lipinski definition) is 7. The van der Waals surface area contributed by atoms with Gasteiger partial charge in [0.1, 0.15) is 5.76 Å². The van der Waals surface area contributed by atoms with Crippen molar-refractivity contribution in [1.82, 2.24) is 10.2 Å². The van der Waals surface area contributed by atoms with Crippen molar-refractivity contribution >= 4 is 11.5 Å². The van der Waals surface area contributed by atoms with Crippen molar-refractivity contribution < 1.29 is 23.9 Å². The van der Waals surface area contributed by atoms with Gasteiger partial charge in [-0.05, 0) is 30.2 Å². The van der Waals surface area contributed by atoms with E-state index in [0.29, 0.717) is 30.2 Å². The summed E-state index contributed by atoms with van der Waals surface area (Å²) in [5.41, 5.74) is 2.21. The minimum absolute atomic E-state index is 0.0592. The van der Waals surface area contributed by atoms with Gasteiger partial charge in [-0.1, -0.05) is 24.3 Å². The van der Waals surface area contributed by atoms with Crippen molar-refractivity contribution in [2.24, 2.45) is 5.92 Å². The van der Waals surface area contributed by atoms with Gasteiger partial charge in [0.25, 0.3) is 5.91 Å². The maximum atomic E-state index is 13.6. The van der Waals surface area contributed by atoms with Crippen LogP contribution in [0.2, 0.25) is 0 Å². The monoisotopic (exact) mass is 453 g/mol. The van der Waals surface area contributed by atoms with Crippen molar-refractivity contribution in [2.75, 3.05) is 27.4 Å². The molecular formula is C24H27N3O6. The molecule has 2 heterocycles. The van der Waals surface area contributed by atoms with Gasteiger partial charge < -0.3 is 14.2 Å². The minimum atomic E-state index is -0.900. The lowest BCUT2D eigenvalue weighted by atomic mass is 9.91. The number of methoxy groups -OCH3 is 2. The zero-order chi connectivity index (χ0) is 23.5. The van der Waals surface area contributed by atoms with E-state index < -0.39 is 6.04 Å². The maximum absolute atomic E-state index is 13.6. The van der Waals surface area contributed by atoms with Crippen LogP contribution in [-0.2, 0) is 9.53 Å². The number of rotatable bonds is 7. The molecule has 0 aromatic heterocycles. The average molecular weight is 453 g/mol. The lowest BCUT2D eigenvalue weighted by Gasteiger charge is -2.32. The van der Waals surface area contributed by atoms with Crippen molar-refractivity contribution in [3.05, 3.63) is 75.7 Å². The molecule has 3 atom stereocenters. The van der Waals surface area contributed by atoms with E-state index in [4.69, 9.17) is 14.2 Å². The summed E-state index contributed by atoms with van der Waals surface area (Å²) >= 11 is 0. The molecule has 0 spiro atoms. The van der Waals surface area contributed by atoms with Crippen LogP contribution in [0, 0.1) is 16.0 Å². The van der Waals surface area contributed by atoms with Crippen LogP contribution < -0.4 is 14.8 Å². The maximum Gasteiger partial charge on any atom is 0.262 e. The van der Waals surface area contributed by atoms with Crippen LogP contribution in [0.15, 0.2) is 60.0 Å². The lowest BCUT2D eigenvalue weighted by Crippen LogP contribution is -2.49. The van der Waals surface area contributed by atoms with Gasteiger partial charge in [-0.25, -0.2) is 0 Å². The van der Waals surface area contributed by atoms with Crippen molar-refractivity contribution in [1.29, 1.82) is 0 Å². The second-order valence-electron chi connectivity index (χ2n) is 7.84. The number of amides is 1. The summed E-state index contributed by atoms with van der Waals surface area (Å²) in [5.74, 6) is 1.17. The van der Waals surface area contributed by atoms with E-state index >= 15 is 0 Å². The Morgan fingerprint density at radius 2 is 2.06 bits per heavy atom. The van der Waals surface area contributed by atoms with E-state index in [1.807, 2.05) is 30.5 Å². The molecule has 174 valence electrons.